The minimum Gasteiger partial charge on any atom is -0.469 e. The molecule has 5 nitrogen and oxygen atoms in total. The number of rotatable bonds is 7. The van der Waals surface area contributed by atoms with Crippen LogP contribution in [0.25, 0.3) is 0 Å². The Balaban J connectivity index is 2.14. The Bertz CT molecular complexity index is 386. The molecule has 0 saturated heterocycles. The third-order valence-corrected chi connectivity index (χ3v) is 3.04. The lowest BCUT2D eigenvalue weighted by atomic mass is 10.2. The van der Waals surface area contributed by atoms with Crippen molar-refractivity contribution in [2.75, 3.05) is 12.3 Å². The average Bonchev–Trinajstić information content (AvgIpc) is 2.63. The van der Waals surface area contributed by atoms with Crippen LogP contribution in [0.1, 0.15) is 19.1 Å². The largest absolute Gasteiger partial charge is 0.469 e. The molecule has 0 amide bonds. The number of primary sulfonamides is 1. The lowest BCUT2D eigenvalue weighted by Gasteiger charge is -2.11. The highest BCUT2D eigenvalue weighted by Crippen LogP contribution is 2.03. The predicted octanol–water partition coefficient (Wildman–Crippen LogP) is 0.479. The fourth-order valence-electron chi connectivity index (χ4n) is 1.42. The Morgan fingerprint density at radius 1 is 1.56 bits per heavy atom. The zero-order valence-electron chi connectivity index (χ0n) is 9.35. The monoisotopic (exact) mass is 246 g/mol. The fourth-order valence-corrected chi connectivity index (χ4v) is 1.97. The van der Waals surface area contributed by atoms with Gasteiger partial charge in [0.05, 0.1) is 12.0 Å². The summed E-state index contributed by atoms with van der Waals surface area (Å²) in [5, 5.41) is 8.10. The summed E-state index contributed by atoms with van der Waals surface area (Å²) in [6.07, 6.45) is 2.97. The van der Waals surface area contributed by atoms with Gasteiger partial charge in [-0.25, -0.2) is 13.6 Å². The van der Waals surface area contributed by atoms with E-state index in [9.17, 15) is 8.42 Å². The molecule has 1 heterocycles. The third-order valence-electron chi connectivity index (χ3n) is 2.19. The first-order valence-electron chi connectivity index (χ1n) is 5.23. The molecule has 1 aromatic heterocycles. The van der Waals surface area contributed by atoms with E-state index in [-0.39, 0.29) is 11.8 Å². The summed E-state index contributed by atoms with van der Waals surface area (Å²) in [5.41, 5.74) is 0. The summed E-state index contributed by atoms with van der Waals surface area (Å²) >= 11 is 0. The van der Waals surface area contributed by atoms with Crippen LogP contribution >= 0.6 is 0 Å². The SMILES string of the molecule is CC(Cc1ccco1)NCCCS(N)(=O)=O. The summed E-state index contributed by atoms with van der Waals surface area (Å²) in [6, 6.07) is 4.03. The van der Waals surface area contributed by atoms with Gasteiger partial charge in [0.15, 0.2) is 0 Å². The Morgan fingerprint density at radius 3 is 2.88 bits per heavy atom. The standard InChI is InChI=1S/C10H18N2O3S/c1-9(8-10-4-2-6-15-10)12-5-3-7-16(11,13)14/h2,4,6,9,12H,3,5,7-8H2,1H3,(H2,11,13,14). The topological polar surface area (TPSA) is 85.3 Å². The summed E-state index contributed by atoms with van der Waals surface area (Å²) in [7, 11) is -3.33. The van der Waals surface area contributed by atoms with E-state index in [0.717, 1.165) is 12.2 Å². The van der Waals surface area contributed by atoms with E-state index in [1.165, 1.54) is 0 Å². The molecular formula is C10H18N2O3S. The number of sulfonamides is 1. The molecule has 1 unspecified atom stereocenters. The molecule has 0 aliphatic carbocycles. The highest BCUT2D eigenvalue weighted by molar-refractivity contribution is 7.89. The lowest BCUT2D eigenvalue weighted by Crippen LogP contribution is -2.30. The molecule has 3 N–H and O–H groups in total. The third kappa shape index (κ3) is 5.89. The van der Waals surface area contributed by atoms with Gasteiger partial charge in [-0.15, -0.1) is 0 Å². The van der Waals surface area contributed by atoms with Crippen LogP contribution < -0.4 is 10.5 Å². The van der Waals surface area contributed by atoms with Crippen molar-refractivity contribution in [2.24, 2.45) is 5.14 Å². The molecule has 0 spiro atoms. The number of hydrogen-bond acceptors (Lipinski definition) is 4. The molecule has 0 saturated carbocycles. The first-order chi connectivity index (χ1) is 7.47. The van der Waals surface area contributed by atoms with Crippen molar-refractivity contribution in [3.8, 4) is 0 Å². The van der Waals surface area contributed by atoms with Crippen molar-refractivity contribution in [1.29, 1.82) is 0 Å². The molecule has 0 bridgehead atoms. The van der Waals surface area contributed by atoms with Gasteiger partial charge in [-0.3, -0.25) is 0 Å². The molecule has 0 aliphatic heterocycles. The van der Waals surface area contributed by atoms with Crippen LogP contribution in [0.5, 0.6) is 0 Å². The number of furan rings is 1. The molecule has 0 aliphatic rings. The number of nitrogens with two attached hydrogens (primary N) is 1. The van der Waals surface area contributed by atoms with Gasteiger partial charge in [0, 0.05) is 12.5 Å². The van der Waals surface area contributed by atoms with E-state index in [1.807, 2.05) is 19.1 Å². The van der Waals surface area contributed by atoms with Crippen LogP contribution in [0, 0.1) is 0 Å². The summed E-state index contributed by atoms with van der Waals surface area (Å²) in [4.78, 5) is 0. The van der Waals surface area contributed by atoms with Crippen molar-refractivity contribution in [3.63, 3.8) is 0 Å². The zero-order chi connectivity index (χ0) is 12.0. The smallest absolute Gasteiger partial charge is 0.209 e. The molecule has 0 radical (unpaired) electrons. The van der Waals surface area contributed by atoms with E-state index in [2.05, 4.69) is 5.32 Å². The fraction of sp³-hybridized carbons (Fsp3) is 0.600. The Morgan fingerprint density at radius 2 is 2.31 bits per heavy atom. The normalized spacial score (nSPS) is 13.9. The molecular weight excluding hydrogens is 228 g/mol. The van der Waals surface area contributed by atoms with E-state index in [0.29, 0.717) is 13.0 Å². The molecule has 1 rings (SSSR count). The number of hydrogen-bond donors (Lipinski definition) is 2. The first-order valence-corrected chi connectivity index (χ1v) is 6.95. The van der Waals surface area contributed by atoms with Crippen LogP contribution in [0.2, 0.25) is 0 Å². The van der Waals surface area contributed by atoms with Gasteiger partial charge in [0.1, 0.15) is 5.76 Å². The Labute approximate surface area is 96.1 Å². The van der Waals surface area contributed by atoms with E-state index in [4.69, 9.17) is 9.56 Å². The van der Waals surface area contributed by atoms with E-state index >= 15 is 0 Å². The second kappa shape index (κ2) is 6.03. The Hall–Kier alpha value is -0.850. The van der Waals surface area contributed by atoms with Gasteiger partial charge in [0.25, 0.3) is 0 Å². The van der Waals surface area contributed by atoms with Crippen molar-refractivity contribution in [2.45, 2.75) is 25.8 Å². The predicted molar refractivity (Wildman–Crippen MR) is 62.5 cm³/mol. The summed E-state index contributed by atoms with van der Waals surface area (Å²) < 4.78 is 26.5. The van der Waals surface area contributed by atoms with Crippen molar-refractivity contribution < 1.29 is 12.8 Å². The maximum absolute atomic E-state index is 10.7. The van der Waals surface area contributed by atoms with Crippen LogP contribution in [-0.4, -0.2) is 26.8 Å². The molecule has 0 fully saturated rings. The second-order valence-corrected chi connectivity index (χ2v) is 5.59. The van der Waals surface area contributed by atoms with Gasteiger partial charge in [-0.1, -0.05) is 0 Å². The highest BCUT2D eigenvalue weighted by atomic mass is 32.2. The Kier molecular flexibility index (Phi) is 4.98. The molecule has 92 valence electrons. The molecule has 6 heteroatoms. The van der Waals surface area contributed by atoms with Crippen molar-refractivity contribution in [1.82, 2.24) is 5.32 Å². The van der Waals surface area contributed by atoms with Crippen LogP contribution in [-0.2, 0) is 16.4 Å². The summed E-state index contributed by atoms with van der Waals surface area (Å²) in [5.74, 6) is 0.944. The van der Waals surface area contributed by atoms with Gasteiger partial charge in [-0.2, -0.15) is 0 Å². The minimum atomic E-state index is -3.33. The lowest BCUT2D eigenvalue weighted by molar-refractivity contribution is 0.457. The minimum absolute atomic E-state index is 0.0213. The average molecular weight is 246 g/mol. The first kappa shape index (κ1) is 13.2. The van der Waals surface area contributed by atoms with Crippen molar-refractivity contribution >= 4 is 10.0 Å². The van der Waals surface area contributed by atoms with Gasteiger partial charge < -0.3 is 9.73 Å². The van der Waals surface area contributed by atoms with E-state index in [1.54, 1.807) is 6.26 Å². The second-order valence-electron chi connectivity index (χ2n) is 3.86. The van der Waals surface area contributed by atoms with Gasteiger partial charge in [0.2, 0.25) is 10.0 Å². The summed E-state index contributed by atoms with van der Waals surface area (Å²) in [6.45, 7) is 2.66. The zero-order valence-corrected chi connectivity index (χ0v) is 10.2. The molecule has 1 aromatic rings. The van der Waals surface area contributed by atoms with Gasteiger partial charge in [-0.05, 0) is 32.0 Å². The van der Waals surface area contributed by atoms with Crippen LogP contribution in [0.3, 0.4) is 0 Å². The van der Waals surface area contributed by atoms with Gasteiger partial charge >= 0.3 is 0 Å². The molecule has 0 aromatic carbocycles. The van der Waals surface area contributed by atoms with Crippen molar-refractivity contribution in [3.05, 3.63) is 24.2 Å². The highest BCUT2D eigenvalue weighted by Gasteiger charge is 2.06. The quantitative estimate of drug-likeness (QED) is 0.685. The van der Waals surface area contributed by atoms with E-state index < -0.39 is 10.0 Å². The number of nitrogens with one attached hydrogen (secondary N) is 1. The molecule has 16 heavy (non-hydrogen) atoms. The van der Waals surface area contributed by atoms with Crippen LogP contribution in [0.4, 0.5) is 0 Å². The molecule has 1 atom stereocenters. The maximum atomic E-state index is 10.7. The maximum Gasteiger partial charge on any atom is 0.209 e. The van der Waals surface area contributed by atoms with Crippen LogP contribution in [0.15, 0.2) is 22.8 Å².